The number of pyridine rings is 1. The number of hydrogen-bond acceptors (Lipinski definition) is 6. The molecule has 2 amide bonds. The number of amides is 2. The van der Waals surface area contributed by atoms with Crippen LogP contribution in [0.3, 0.4) is 0 Å². The van der Waals surface area contributed by atoms with Crippen molar-refractivity contribution in [2.45, 2.75) is 44.8 Å². The number of carbonyl (C=O) groups is 2. The van der Waals surface area contributed by atoms with E-state index in [-0.39, 0.29) is 23.6 Å². The van der Waals surface area contributed by atoms with Crippen LogP contribution in [0.2, 0.25) is 0 Å². The molecule has 1 aromatic heterocycles. The molecular formula is C26H29N5O4. The number of unbranched alkanes of at least 4 members (excludes halogenated alkanes) is 2. The van der Waals surface area contributed by atoms with Crippen molar-refractivity contribution in [3.63, 3.8) is 0 Å². The van der Waals surface area contributed by atoms with Gasteiger partial charge in [0.25, 0.3) is 5.91 Å². The maximum atomic E-state index is 13.2. The van der Waals surface area contributed by atoms with Crippen LogP contribution in [0.5, 0.6) is 0 Å². The van der Waals surface area contributed by atoms with Crippen LogP contribution in [0.25, 0.3) is 10.9 Å². The lowest BCUT2D eigenvalue weighted by Crippen LogP contribution is -2.43. The highest BCUT2D eigenvalue weighted by molar-refractivity contribution is 6.02. The number of benzene rings is 2. The molecular weight excluding hydrogens is 446 g/mol. The van der Waals surface area contributed by atoms with Crippen molar-refractivity contribution in [1.29, 1.82) is 0 Å². The maximum absolute atomic E-state index is 13.2. The Morgan fingerprint density at radius 2 is 1.80 bits per heavy atom. The zero-order valence-electron chi connectivity index (χ0n) is 19.6. The van der Waals surface area contributed by atoms with E-state index in [4.69, 9.17) is 5.21 Å². The summed E-state index contributed by atoms with van der Waals surface area (Å²) >= 11 is 0. The van der Waals surface area contributed by atoms with E-state index in [1.165, 1.54) is 0 Å². The zero-order valence-corrected chi connectivity index (χ0v) is 19.6. The summed E-state index contributed by atoms with van der Waals surface area (Å²) in [4.78, 5) is 37.6. The minimum absolute atomic E-state index is 0.0879. The van der Waals surface area contributed by atoms with Gasteiger partial charge >= 0.3 is 0 Å². The van der Waals surface area contributed by atoms with Gasteiger partial charge in [-0.15, -0.1) is 0 Å². The van der Waals surface area contributed by atoms with Crippen molar-refractivity contribution in [2.75, 3.05) is 7.05 Å². The third-order valence-corrected chi connectivity index (χ3v) is 6.18. The number of para-hydroxylation sites is 1. The molecule has 0 fully saturated rings. The lowest BCUT2D eigenvalue weighted by atomic mass is 10.1. The second-order valence-corrected chi connectivity index (χ2v) is 8.61. The van der Waals surface area contributed by atoms with Crippen LogP contribution in [0.1, 0.15) is 48.0 Å². The van der Waals surface area contributed by atoms with Gasteiger partial charge in [0.15, 0.2) is 0 Å². The number of carbonyl (C=O) groups excluding carboxylic acids is 2. The van der Waals surface area contributed by atoms with Crippen LogP contribution >= 0.6 is 0 Å². The standard InChI is InChI=1S/C26H29N5O4/c1-30-23(16-21(28-30)18-10-4-2-5-11-18)27-26(34)20-17-31(15-9-3-6-14-24(32)29-35)22-13-8-7-12-19(22)25(20)33/h2,4-5,7-8,10-13,17,23,35H,3,6,9,14-16H2,1H3,(H,27,34)(H,29,32). The van der Waals surface area contributed by atoms with E-state index < -0.39 is 11.8 Å². The number of aromatic nitrogens is 1. The fraction of sp³-hybridized carbons (Fsp3) is 0.308. The van der Waals surface area contributed by atoms with E-state index in [0.717, 1.165) is 29.6 Å². The Morgan fingerprint density at radius 3 is 2.57 bits per heavy atom. The van der Waals surface area contributed by atoms with E-state index in [2.05, 4.69) is 10.4 Å². The van der Waals surface area contributed by atoms with Crippen LogP contribution in [0.4, 0.5) is 0 Å². The maximum Gasteiger partial charge on any atom is 0.258 e. The van der Waals surface area contributed by atoms with Gasteiger partial charge in [0, 0.05) is 38.0 Å². The summed E-state index contributed by atoms with van der Waals surface area (Å²) < 4.78 is 1.92. The highest BCUT2D eigenvalue weighted by atomic mass is 16.5. The fourth-order valence-electron chi connectivity index (χ4n) is 4.29. The average Bonchev–Trinajstić information content (AvgIpc) is 3.25. The molecule has 0 bridgehead atoms. The molecule has 0 saturated carbocycles. The summed E-state index contributed by atoms with van der Waals surface area (Å²) in [6.45, 7) is 0.590. The number of hydrazone groups is 1. The minimum atomic E-state index is -0.435. The van der Waals surface area contributed by atoms with Crippen molar-refractivity contribution in [3.05, 3.63) is 82.1 Å². The molecule has 182 valence electrons. The molecule has 3 aromatic rings. The Kier molecular flexibility index (Phi) is 7.57. The first-order valence-electron chi connectivity index (χ1n) is 11.7. The molecule has 1 unspecified atom stereocenters. The van der Waals surface area contributed by atoms with Gasteiger partial charge in [0.1, 0.15) is 11.7 Å². The van der Waals surface area contributed by atoms with Crippen molar-refractivity contribution in [1.82, 2.24) is 20.4 Å². The van der Waals surface area contributed by atoms with Gasteiger partial charge in [-0.2, -0.15) is 5.10 Å². The summed E-state index contributed by atoms with van der Waals surface area (Å²) in [7, 11) is 1.80. The highest BCUT2D eigenvalue weighted by Crippen LogP contribution is 2.18. The van der Waals surface area contributed by atoms with Crippen molar-refractivity contribution in [2.24, 2.45) is 5.10 Å². The van der Waals surface area contributed by atoms with Gasteiger partial charge in [-0.05, 0) is 30.5 Å². The lowest BCUT2D eigenvalue weighted by Gasteiger charge is -2.20. The second-order valence-electron chi connectivity index (χ2n) is 8.61. The van der Waals surface area contributed by atoms with Crippen LogP contribution in [0, 0.1) is 0 Å². The van der Waals surface area contributed by atoms with Crippen LogP contribution in [0.15, 0.2) is 70.7 Å². The van der Waals surface area contributed by atoms with E-state index in [0.29, 0.717) is 24.8 Å². The monoisotopic (exact) mass is 475 g/mol. The molecule has 9 nitrogen and oxygen atoms in total. The number of aryl methyl sites for hydroxylation is 1. The summed E-state index contributed by atoms with van der Waals surface area (Å²) in [6.07, 6.45) is 4.21. The largest absolute Gasteiger partial charge is 0.346 e. The zero-order chi connectivity index (χ0) is 24.8. The summed E-state index contributed by atoms with van der Waals surface area (Å²) in [5, 5.41) is 18.3. The first-order chi connectivity index (χ1) is 17.0. The number of hydroxylamine groups is 1. The van der Waals surface area contributed by atoms with E-state index in [9.17, 15) is 14.4 Å². The van der Waals surface area contributed by atoms with Crippen LogP contribution < -0.4 is 16.2 Å². The van der Waals surface area contributed by atoms with Gasteiger partial charge in [-0.25, -0.2) is 5.48 Å². The topological polar surface area (TPSA) is 116 Å². The molecule has 2 aromatic carbocycles. The van der Waals surface area contributed by atoms with Gasteiger partial charge in [-0.3, -0.25) is 24.6 Å². The van der Waals surface area contributed by atoms with Crippen LogP contribution in [-0.4, -0.2) is 45.5 Å². The molecule has 3 N–H and O–H groups in total. The number of nitrogens with one attached hydrogen (secondary N) is 2. The van der Waals surface area contributed by atoms with Gasteiger partial charge in [0.05, 0.1) is 11.2 Å². The molecule has 0 spiro atoms. The van der Waals surface area contributed by atoms with E-state index in [1.807, 2.05) is 47.0 Å². The summed E-state index contributed by atoms with van der Waals surface area (Å²) in [5.41, 5.74) is 4.05. The minimum Gasteiger partial charge on any atom is -0.346 e. The fourth-order valence-corrected chi connectivity index (χ4v) is 4.29. The molecule has 35 heavy (non-hydrogen) atoms. The third-order valence-electron chi connectivity index (χ3n) is 6.18. The molecule has 0 saturated heterocycles. The Balaban J connectivity index is 1.49. The quantitative estimate of drug-likeness (QED) is 0.250. The van der Waals surface area contributed by atoms with Crippen molar-refractivity contribution >= 4 is 28.4 Å². The Bertz CT molecular complexity index is 1300. The lowest BCUT2D eigenvalue weighted by molar-refractivity contribution is -0.129. The first kappa shape index (κ1) is 24.2. The van der Waals surface area contributed by atoms with Crippen LogP contribution in [-0.2, 0) is 11.3 Å². The van der Waals surface area contributed by atoms with Crippen molar-refractivity contribution in [3.8, 4) is 0 Å². The molecule has 1 aliphatic rings. The Labute approximate surface area is 203 Å². The average molecular weight is 476 g/mol. The number of fused-ring (bicyclic) bond motifs is 1. The Hall–Kier alpha value is -3.98. The third kappa shape index (κ3) is 5.58. The molecule has 0 aliphatic carbocycles. The SMILES string of the molecule is CN1N=C(c2ccccc2)CC1NC(=O)c1cn(CCCCCC(=O)NO)c2ccccc2c1=O. The van der Waals surface area contributed by atoms with E-state index in [1.54, 1.807) is 35.9 Å². The number of hydrogen-bond donors (Lipinski definition) is 3. The number of rotatable bonds is 9. The molecule has 1 atom stereocenters. The highest BCUT2D eigenvalue weighted by Gasteiger charge is 2.27. The number of nitrogens with zero attached hydrogens (tertiary/aromatic N) is 3. The van der Waals surface area contributed by atoms with E-state index >= 15 is 0 Å². The molecule has 9 heteroatoms. The Morgan fingerprint density at radius 1 is 1.06 bits per heavy atom. The predicted molar refractivity (Wildman–Crippen MR) is 133 cm³/mol. The summed E-state index contributed by atoms with van der Waals surface area (Å²) in [6, 6.07) is 17.0. The molecule has 1 aliphatic heterocycles. The van der Waals surface area contributed by atoms with Crippen molar-refractivity contribution < 1.29 is 14.8 Å². The normalized spacial score (nSPS) is 15.2. The van der Waals surface area contributed by atoms with Gasteiger partial charge < -0.3 is 9.88 Å². The van der Waals surface area contributed by atoms with Gasteiger partial charge in [-0.1, -0.05) is 48.9 Å². The summed E-state index contributed by atoms with van der Waals surface area (Å²) in [5.74, 6) is -0.843. The second kappa shape index (κ2) is 11.0. The smallest absolute Gasteiger partial charge is 0.258 e. The molecule has 0 radical (unpaired) electrons. The first-order valence-corrected chi connectivity index (χ1v) is 11.7. The molecule has 4 rings (SSSR count). The molecule has 2 heterocycles. The van der Waals surface area contributed by atoms with Gasteiger partial charge in [0.2, 0.25) is 11.3 Å². The predicted octanol–water partition coefficient (Wildman–Crippen LogP) is 2.86.